The third-order valence-corrected chi connectivity index (χ3v) is 4.19. The van der Waals surface area contributed by atoms with E-state index in [0.29, 0.717) is 11.7 Å². The second kappa shape index (κ2) is 4.48. The van der Waals surface area contributed by atoms with Crippen LogP contribution in [0.3, 0.4) is 0 Å². The molecule has 16 heavy (non-hydrogen) atoms. The van der Waals surface area contributed by atoms with Crippen LogP contribution in [0.4, 0.5) is 0 Å². The van der Waals surface area contributed by atoms with E-state index in [2.05, 4.69) is 25.8 Å². The molecule has 0 N–H and O–H groups in total. The molecule has 2 heteroatoms. The zero-order valence-corrected chi connectivity index (χ0v) is 11.0. The molecule has 1 unspecified atom stereocenters. The highest BCUT2D eigenvalue weighted by Gasteiger charge is 2.37. The molecule has 0 amide bonds. The summed E-state index contributed by atoms with van der Waals surface area (Å²) in [6, 6.07) is 0. The van der Waals surface area contributed by atoms with Crippen LogP contribution in [-0.2, 0) is 4.79 Å². The Hall–Kier alpha value is -0.370. The lowest BCUT2D eigenvalue weighted by Crippen LogP contribution is -2.41. The van der Waals surface area contributed by atoms with Gasteiger partial charge in [0.1, 0.15) is 5.78 Å². The van der Waals surface area contributed by atoms with Crippen LogP contribution < -0.4 is 0 Å². The summed E-state index contributed by atoms with van der Waals surface area (Å²) in [5, 5.41) is 0. The van der Waals surface area contributed by atoms with E-state index in [-0.39, 0.29) is 5.41 Å². The summed E-state index contributed by atoms with van der Waals surface area (Å²) < 4.78 is 0. The number of Topliss-reactive ketones (excluding diaryl/α,β-unsaturated/α-hetero) is 1. The summed E-state index contributed by atoms with van der Waals surface area (Å²) in [5.74, 6) is 1.73. The molecule has 0 aromatic rings. The first-order valence-electron chi connectivity index (χ1n) is 6.72. The number of ketones is 1. The number of hydrogen-bond acceptors (Lipinski definition) is 2. The molecule has 0 heterocycles. The zero-order chi connectivity index (χ0) is 11.8. The van der Waals surface area contributed by atoms with Crippen molar-refractivity contribution in [3.05, 3.63) is 0 Å². The molecule has 92 valence electrons. The quantitative estimate of drug-likeness (QED) is 0.730. The van der Waals surface area contributed by atoms with Crippen LogP contribution in [-0.4, -0.2) is 30.8 Å². The number of rotatable bonds is 4. The van der Waals surface area contributed by atoms with Crippen molar-refractivity contribution in [2.75, 3.05) is 20.1 Å². The third-order valence-electron chi connectivity index (χ3n) is 4.19. The maximum Gasteiger partial charge on any atom is 0.142 e. The lowest BCUT2D eigenvalue weighted by Gasteiger charge is -2.35. The fourth-order valence-electron chi connectivity index (χ4n) is 2.96. The number of hydrogen-bond donors (Lipinski definition) is 0. The summed E-state index contributed by atoms with van der Waals surface area (Å²) in [7, 11) is 2.17. The van der Waals surface area contributed by atoms with Gasteiger partial charge in [-0.05, 0) is 38.6 Å². The van der Waals surface area contributed by atoms with E-state index in [9.17, 15) is 4.79 Å². The Morgan fingerprint density at radius 1 is 1.25 bits per heavy atom. The standard InChI is InChI=1S/C14H25NO/c1-14(2)8-4-5-12(13(14)16)10-15(3)9-11-6-7-11/h11-12H,4-10H2,1-3H3. The fourth-order valence-corrected chi connectivity index (χ4v) is 2.96. The van der Waals surface area contributed by atoms with Crippen molar-refractivity contribution < 1.29 is 4.79 Å². The fraction of sp³-hybridized carbons (Fsp3) is 0.929. The average Bonchev–Trinajstić information content (AvgIpc) is 2.96. The second-order valence-corrected chi connectivity index (χ2v) is 6.50. The third kappa shape index (κ3) is 2.85. The molecule has 0 aromatic carbocycles. The molecular weight excluding hydrogens is 198 g/mol. The normalized spacial score (nSPS) is 29.8. The van der Waals surface area contributed by atoms with Gasteiger partial charge in [-0.3, -0.25) is 4.79 Å². The number of carbonyl (C=O) groups excluding carboxylic acids is 1. The van der Waals surface area contributed by atoms with E-state index < -0.39 is 0 Å². The lowest BCUT2D eigenvalue weighted by molar-refractivity contribution is -0.134. The van der Waals surface area contributed by atoms with Crippen molar-refractivity contribution in [1.29, 1.82) is 0 Å². The van der Waals surface area contributed by atoms with Gasteiger partial charge in [0, 0.05) is 24.4 Å². The summed E-state index contributed by atoms with van der Waals surface area (Å²) >= 11 is 0. The topological polar surface area (TPSA) is 20.3 Å². The van der Waals surface area contributed by atoms with Crippen LogP contribution in [0.5, 0.6) is 0 Å². The molecule has 0 radical (unpaired) electrons. The number of carbonyl (C=O) groups is 1. The van der Waals surface area contributed by atoms with Gasteiger partial charge in [0.05, 0.1) is 0 Å². The van der Waals surface area contributed by atoms with Gasteiger partial charge in [-0.2, -0.15) is 0 Å². The van der Waals surface area contributed by atoms with E-state index in [1.54, 1.807) is 0 Å². The van der Waals surface area contributed by atoms with Gasteiger partial charge < -0.3 is 4.90 Å². The minimum Gasteiger partial charge on any atom is -0.305 e. The first kappa shape index (κ1) is 12.1. The van der Waals surface area contributed by atoms with E-state index in [1.165, 1.54) is 25.8 Å². The monoisotopic (exact) mass is 223 g/mol. The van der Waals surface area contributed by atoms with Crippen LogP contribution >= 0.6 is 0 Å². The van der Waals surface area contributed by atoms with E-state index in [0.717, 1.165) is 25.3 Å². The Balaban J connectivity index is 1.85. The van der Waals surface area contributed by atoms with Crippen LogP contribution in [0, 0.1) is 17.3 Å². The smallest absolute Gasteiger partial charge is 0.142 e. The maximum absolute atomic E-state index is 12.3. The van der Waals surface area contributed by atoms with Gasteiger partial charge in [0.25, 0.3) is 0 Å². The highest BCUT2D eigenvalue weighted by Crippen LogP contribution is 2.36. The highest BCUT2D eigenvalue weighted by atomic mass is 16.1. The SMILES string of the molecule is CN(CC1CC1)CC1CCCC(C)(C)C1=O. The first-order valence-corrected chi connectivity index (χ1v) is 6.72. The van der Waals surface area contributed by atoms with E-state index >= 15 is 0 Å². The van der Waals surface area contributed by atoms with Crippen molar-refractivity contribution in [3.63, 3.8) is 0 Å². The van der Waals surface area contributed by atoms with Crippen molar-refractivity contribution in [2.24, 2.45) is 17.3 Å². The molecule has 0 bridgehead atoms. The van der Waals surface area contributed by atoms with Crippen LogP contribution in [0.15, 0.2) is 0 Å². The van der Waals surface area contributed by atoms with Crippen LogP contribution in [0.2, 0.25) is 0 Å². The van der Waals surface area contributed by atoms with E-state index in [4.69, 9.17) is 0 Å². The molecule has 1 atom stereocenters. The zero-order valence-electron chi connectivity index (χ0n) is 11.0. The molecule has 0 aliphatic heterocycles. The van der Waals surface area contributed by atoms with Gasteiger partial charge in [-0.15, -0.1) is 0 Å². The average molecular weight is 223 g/mol. The molecule has 2 aliphatic rings. The summed E-state index contributed by atoms with van der Waals surface area (Å²) in [5.41, 5.74) is -0.0661. The Labute approximate surface area is 99.4 Å². The second-order valence-electron chi connectivity index (χ2n) is 6.50. The Kier molecular flexibility index (Phi) is 3.39. The van der Waals surface area contributed by atoms with Crippen molar-refractivity contribution in [3.8, 4) is 0 Å². The first-order chi connectivity index (χ1) is 7.49. The number of nitrogens with zero attached hydrogens (tertiary/aromatic N) is 1. The molecule has 2 rings (SSSR count). The summed E-state index contributed by atoms with van der Waals surface area (Å²) in [4.78, 5) is 14.6. The Morgan fingerprint density at radius 3 is 2.56 bits per heavy atom. The molecule has 2 nitrogen and oxygen atoms in total. The molecule has 2 fully saturated rings. The van der Waals surface area contributed by atoms with Crippen LogP contribution in [0.1, 0.15) is 46.0 Å². The van der Waals surface area contributed by atoms with Gasteiger partial charge in [-0.25, -0.2) is 0 Å². The minimum atomic E-state index is -0.0661. The van der Waals surface area contributed by atoms with Gasteiger partial charge in [0.15, 0.2) is 0 Å². The van der Waals surface area contributed by atoms with Gasteiger partial charge >= 0.3 is 0 Å². The molecule has 2 aliphatic carbocycles. The predicted molar refractivity (Wildman–Crippen MR) is 66.4 cm³/mol. The molecule has 0 spiro atoms. The Bertz CT molecular complexity index is 268. The summed E-state index contributed by atoms with van der Waals surface area (Å²) in [6.45, 7) is 6.41. The van der Waals surface area contributed by atoms with Gasteiger partial charge in [-0.1, -0.05) is 20.3 Å². The highest BCUT2D eigenvalue weighted by molar-refractivity contribution is 5.87. The predicted octanol–water partition coefficient (Wildman–Crippen LogP) is 2.72. The largest absolute Gasteiger partial charge is 0.305 e. The summed E-state index contributed by atoms with van der Waals surface area (Å²) in [6.07, 6.45) is 6.20. The molecule has 0 saturated heterocycles. The van der Waals surface area contributed by atoms with Crippen molar-refractivity contribution >= 4 is 5.78 Å². The molecule has 0 aromatic heterocycles. The molecule has 2 saturated carbocycles. The van der Waals surface area contributed by atoms with Crippen molar-refractivity contribution in [2.45, 2.75) is 46.0 Å². The minimum absolute atomic E-state index is 0.0661. The molecular formula is C14H25NO. The van der Waals surface area contributed by atoms with Crippen LogP contribution in [0.25, 0.3) is 0 Å². The maximum atomic E-state index is 12.3. The lowest BCUT2D eigenvalue weighted by atomic mass is 9.71. The van der Waals surface area contributed by atoms with Gasteiger partial charge in [0.2, 0.25) is 0 Å². The Morgan fingerprint density at radius 2 is 1.94 bits per heavy atom. The van der Waals surface area contributed by atoms with E-state index in [1.807, 2.05) is 0 Å². The van der Waals surface area contributed by atoms with Crippen molar-refractivity contribution in [1.82, 2.24) is 4.90 Å².